The lowest BCUT2D eigenvalue weighted by atomic mass is 10.1. The molecule has 96 valence electrons. The Balaban J connectivity index is 2.91. The van der Waals surface area contributed by atoms with Crippen LogP contribution in [0.3, 0.4) is 0 Å². The molecule has 0 saturated carbocycles. The summed E-state index contributed by atoms with van der Waals surface area (Å²) in [5.41, 5.74) is -1.00. The third kappa shape index (κ3) is 4.26. The van der Waals surface area contributed by atoms with Crippen molar-refractivity contribution >= 4 is 28.9 Å². The summed E-state index contributed by atoms with van der Waals surface area (Å²) >= 11 is 10.9. The second kappa shape index (κ2) is 5.80. The molecule has 17 heavy (non-hydrogen) atoms. The largest absolute Gasteiger partial charge is 0.418 e. The van der Waals surface area contributed by atoms with Crippen molar-refractivity contribution < 1.29 is 18.3 Å². The molecule has 0 aliphatic rings. The van der Waals surface area contributed by atoms with E-state index in [1.54, 1.807) is 0 Å². The van der Waals surface area contributed by atoms with E-state index >= 15 is 0 Å². The summed E-state index contributed by atoms with van der Waals surface area (Å²) < 4.78 is 37.9. The molecular formula is C10H10Cl2F3NO. The van der Waals surface area contributed by atoms with Crippen LogP contribution in [0.25, 0.3) is 0 Å². The summed E-state index contributed by atoms with van der Waals surface area (Å²) in [6, 6.07) is 3.38. The average Bonchev–Trinajstić information content (AvgIpc) is 2.25. The minimum Gasteiger partial charge on any atom is -0.390 e. The zero-order valence-corrected chi connectivity index (χ0v) is 10.1. The van der Waals surface area contributed by atoms with E-state index in [2.05, 4.69) is 5.32 Å². The monoisotopic (exact) mass is 287 g/mol. The fraction of sp³-hybridized carbons (Fsp3) is 0.400. The summed E-state index contributed by atoms with van der Waals surface area (Å²) in [5.74, 6) is -0.0536. The summed E-state index contributed by atoms with van der Waals surface area (Å²) in [7, 11) is 0. The van der Waals surface area contributed by atoms with Crippen LogP contribution in [-0.2, 0) is 6.18 Å². The summed E-state index contributed by atoms with van der Waals surface area (Å²) in [4.78, 5) is 0. The molecule has 0 heterocycles. The van der Waals surface area contributed by atoms with Crippen LogP contribution < -0.4 is 5.32 Å². The molecule has 0 amide bonds. The van der Waals surface area contributed by atoms with E-state index in [-0.39, 0.29) is 23.1 Å². The average molecular weight is 288 g/mol. The molecule has 2 nitrogen and oxygen atoms in total. The highest BCUT2D eigenvalue weighted by atomic mass is 35.5. The van der Waals surface area contributed by atoms with Gasteiger partial charge in [-0.1, -0.05) is 11.6 Å². The van der Waals surface area contributed by atoms with Gasteiger partial charge in [0.05, 0.1) is 17.5 Å². The van der Waals surface area contributed by atoms with Crippen LogP contribution in [-0.4, -0.2) is 23.6 Å². The molecule has 0 radical (unpaired) electrons. The number of alkyl halides is 4. The first-order valence-corrected chi connectivity index (χ1v) is 5.60. The van der Waals surface area contributed by atoms with Gasteiger partial charge in [0.2, 0.25) is 0 Å². The summed E-state index contributed by atoms with van der Waals surface area (Å²) in [6.07, 6.45) is -5.41. The molecule has 0 aromatic heterocycles. The van der Waals surface area contributed by atoms with Crippen molar-refractivity contribution in [3.8, 4) is 0 Å². The second-order valence-corrected chi connectivity index (χ2v) is 4.12. The lowest BCUT2D eigenvalue weighted by Gasteiger charge is -2.16. The Hall–Kier alpha value is -0.650. The topological polar surface area (TPSA) is 32.3 Å². The van der Waals surface area contributed by atoms with Crippen LogP contribution in [0, 0.1) is 0 Å². The van der Waals surface area contributed by atoms with Crippen LogP contribution in [0.1, 0.15) is 5.56 Å². The van der Waals surface area contributed by atoms with Gasteiger partial charge in [0.15, 0.2) is 0 Å². The van der Waals surface area contributed by atoms with E-state index in [0.29, 0.717) is 0 Å². The highest BCUT2D eigenvalue weighted by molar-refractivity contribution is 6.30. The Morgan fingerprint density at radius 2 is 2.00 bits per heavy atom. The van der Waals surface area contributed by atoms with Crippen molar-refractivity contribution in [2.24, 2.45) is 0 Å². The van der Waals surface area contributed by atoms with E-state index in [0.717, 1.165) is 6.07 Å². The van der Waals surface area contributed by atoms with Crippen LogP contribution in [0.4, 0.5) is 18.9 Å². The fourth-order valence-electron chi connectivity index (χ4n) is 1.19. The molecule has 1 atom stereocenters. The molecule has 0 fully saturated rings. The molecular weight excluding hydrogens is 278 g/mol. The maximum atomic E-state index is 12.6. The Bertz CT molecular complexity index is 384. The van der Waals surface area contributed by atoms with Crippen LogP contribution >= 0.6 is 23.2 Å². The quantitative estimate of drug-likeness (QED) is 0.833. The molecule has 0 aliphatic carbocycles. The lowest BCUT2D eigenvalue weighted by molar-refractivity contribution is -0.137. The number of aliphatic hydroxyl groups is 1. The summed E-state index contributed by atoms with van der Waals surface area (Å²) in [5, 5.41) is 11.7. The van der Waals surface area contributed by atoms with Crippen molar-refractivity contribution in [1.82, 2.24) is 0 Å². The number of halogens is 5. The first-order chi connectivity index (χ1) is 7.84. The number of hydrogen-bond donors (Lipinski definition) is 2. The van der Waals surface area contributed by atoms with Crippen molar-refractivity contribution in [3.05, 3.63) is 28.8 Å². The van der Waals surface area contributed by atoms with Crippen molar-refractivity contribution in [2.45, 2.75) is 12.3 Å². The van der Waals surface area contributed by atoms with Gasteiger partial charge in [0.1, 0.15) is 0 Å². The lowest BCUT2D eigenvalue weighted by Crippen LogP contribution is -2.22. The molecule has 0 spiro atoms. The minimum absolute atomic E-state index is 0.000710. The minimum atomic E-state index is -4.50. The molecule has 7 heteroatoms. The van der Waals surface area contributed by atoms with E-state index in [1.165, 1.54) is 12.1 Å². The summed E-state index contributed by atoms with van der Waals surface area (Å²) in [6.45, 7) is -0.0613. The third-order valence-corrected chi connectivity index (χ3v) is 2.58. The number of aliphatic hydroxyl groups excluding tert-OH is 1. The van der Waals surface area contributed by atoms with Gasteiger partial charge in [-0.05, 0) is 18.2 Å². The first kappa shape index (κ1) is 14.4. The number of benzene rings is 1. The van der Waals surface area contributed by atoms with Gasteiger partial charge < -0.3 is 10.4 Å². The first-order valence-electron chi connectivity index (χ1n) is 4.69. The van der Waals surface area contributed by atoms with Gasteiger partial charge in [-0.15, -0.1) is 11.6 Å². The SMILES string of the molecule is OC(CCl)CNc1ccc(Cl)cc1C(F)(F)F. The smallest absolute Gasteiger partial charge is 0.390 e. The predicted octanol–water partition coefficient (Wildman–Crippen LogP) is 3.37. The molecule has 1 unspecified atom stereocenters. The highest BCUT2D eigenvalue weighted by Crippen LogP contribution is 2.36. The van der Waals surface area contributed by atoms with E-state index in [1.807, 2.05) is 0 Å². The maximum absolute atomic E-state index is 12.6. The molecule has 0 aliphatic heterocycles. The second-order valence-electron chi connectivity index (χ2n) is 3.38. The van der Waals surface area contributed by atoms with Crippen LogP contribution in [0.15, 0.2) is 18.2 Å². The Morgan fingerprint density at radius 3 is 2.53 bits per heavy atom. The van der Waals surface area contributed by atoms with Crippen molar-refractivity contribution in [2.75, 3.05) is 17.7 Å². The maximum Gasteiger partial charge on any atom is 0.418 e. The zero-order chi connectivity index (χ0) is 13.1. The predicted molar refractivity (Wildman–Crippen MR) is 61.7 cm³/mol. The van der Waals surface area contributed by atoms with Gasteiger partial charge in [0.25, 0.3) is 0 Å². The van der Waals surface area contributed by atoms with Gasteiger partial charge in [-0.2, -0.15) is 13.2 Å². The van der Waals surface area contributed by atoms with Crippen LogP contribution in [0.5, 0.6) is 0 Å². The normalized spacial score (nSPS) is 13.5. The Kier molecular flexibility index (Phi) is 4.91. The highest BCUT2D eigenvalue weighted by Gasteiger charge is 2.33. The van der Waals surface area contributed by atoms with Gasteiger partial charge in [-0.25, -0.2) is 0 Å². The van der Waals surface area contributed by atoms with Gasteiger partial charge in [-0.3, -0.25) is 0 Å². The molecule has 1 aromatic carbocycles. The Morgan fingerprint density at radius 1 is 1.35 bits per heavy atom. The number of nitrogens with one attached hydrogen (secondary N) is 1. The Labute approximate surface area is 106 Å². The van der Waals surface area contributed by atoms with Crippen molar-refractivity contribution in [3.63, 3.8) is 0 Å². The molecule has 0 saturated heterocycles. The number of rotatable bonds is 4. The fourth-order valence-corrected chi connectivity index (χ4v) is 1.47. The standard InChI is InChI=1S/C10H10Cl2F3NO/c11-4-7(17)5-16-9-2-1-6(12)3-8(9)10(13,14)15/h1-3,7,16-17H,4-5H2. The van der Waals surface area contributed by atoms with Crippen LogP contribution in [0.2, 0.25) is 5.02 Å². The third-order valence-electron chi connectivity index (χ3n) is 1.99. The van der Waals surface area contributed by atoms with Gasteiger partial charge >= 0.3 is 6.18 Å². The zero-order valence-electron chi connectivity index (χ0n) is 8.56. The molecule has 1 aromatic rings. The molecule has 1 rings (SSSR count). The number of hydrogen-bond acceptors (Lipinski definition) is 2. The van der Waals surface area contributed by atoms with Crippen molar-refractivity contribution in [1.29, 1.82) is 0 Å². The number of anilines is 1. The van der Waals surface area contributed by atoms with Gasteiger partial charge in [0, 0.05) is 17.3 Å². The molecule has 0 bridgehead atoms. The van der Waals surface area contributed by atoms with E-state index in [4.69, 9.17) is 28.3 Å². The van der Waals surface area contributed by atoms with E-state index < -0.39 is 17.8 Å². The van der Waals surface area contributed by atoms with E-state index in [9.17, 15) is 13.2 Å². The molecule has 2 N–H and O–H groups in total.